The van der Waals surface area contributed by atoms with E-state index in [9.17, 15) is 9.59 Å². The molecule has 0 saturated heterocycles. The normalized spacial score (nSPS) is 16.1. The third-order valence-corrected chi connectivity index (χ3v) is 4.23. The molecule has 0 saturated carbocycles. The second kappa shape index (κ2) is 4.87. The summed E-state index contributed by atoms with van der Waals surface area (Å²) in [5, 5.41) is 2.60. The van der Waals surface area contributed by atoms with E-state index in [2.05, 4.69) is 5.32 Å². The molecule has 0 aliphatic heterocycles. The van der Waals surface area contributed by atoms with Crippen molar-refractivity contribution in [2.75, 3.05) is 0 Å². The lowest BCUT2D eigenvalue weighted by Gasteiger charge is -2.08. The van der Waals surface area contributed by atoms with Crippen molar-refractivity contribution in [1.29, 1.82) is 0 Å². The maximum absolute atomic E-state index is 11.9. The molecule has 1 aromatic heterocycles. The quantitative estimate of drug-likeness (QED) is 0.849. The van der Waals surface area contributed by atoms with E-state index in [1.165, 1.54) is 34.6 Å². The number of hydrogen-bond donors (Lipinski definition) is 2. The monoisotopic (exact) mass is 252 g/mol. The third kappa shape index (κ3) is 2.66. The average molecular weight is 252 g/mol. The molecule has 92 valence electrons. The molecule has 1 heterocycles. The van der Waals surface area contributed by atoms with E-state index in [0.717, 1.165) is 12.8 Å². The van der Waals surface area contributed by atoms with Crippen LogP contribution in [-0.2, 0) is 17.6 Å². The Morgan fingerprint density at radius 1 is 1.41 bits per heavy atom. The summed E-state index contributed by atoms with van der Waals surface area (Å²) in [5.41, 5.74) is 6.40. The van der Waals surface area contributed by atoms with Crippen LogP contribution in [0.15, 0.2) is 6.07 Å². The molecule has 1 atom stereocenters. The molecular formula is C12H16N2O2S. The van der Waals surface area contributed by atoms with E-state index in [0.29, 0.717) is 4.88 Å². The van der Waals surface area contributed by atoms with Crippen LogP contribution < -0.4 is 11.1 Å². The van der Waals surface area contributed by atoms with Gasteiger partial charge in [-0.15, -0.1) is 11.3 Å². The van der Waals surface area contributed by atoms with E-state index < -0.39 is 11.9 Å². The second-order valence-electron chi connectivity index (χ2n) is 4.36. The Bertz CT molecular complexity index is 430. The molecule has 0 spiro atoms. The lowest BCUT2D eigenvalue weighted by Crippen LogP contribution is -2.41. The third-order valence-electron chi connectivity index (χ3n) is 2.99. The van der Waals surface area contributed by atoms with E-state index in [4.69, 9.17) is 5.73 Å². The van der Waals surface area contributed by atoms with Gasteiger partial charge in [0.05, 0.1) is 4.88 Å². The van der Waals surface area contributed by atoms with Crippen LogP contribution in [0, 0.1) is 0 Å². The van der Waals surface area contributed by atoms with Crippen LogP contribution in [0.1, 0.15) is 39.9 Å². The summed E-state index contributed by atoms with van der Waals surface area (Å²) in [5.74, 6) is -0.713. The van der Waals surface area contributed by atoms with Crippen LogP contribution in [0.5, 0.6) is 0 Å². The number of amides is 2. The minimum absolute atomic E-state index is 0.198. The van der Waals surface area contributed by atoms with Gasteiger partial charge >= 0.3 is 0 Å². The summed E-state index contributed by atoms with van der Waals surface area (Å²) < 4.78 is 0. The fourth-order valence-electron chi connectivity index (χ4n) is 1.94. The topological polar surface area (TPSA) is 72.2 Å². The van der Waals surface area contributed by atoms with Gasteiger partial charge in [-0.1, -0.05) is 0 Å². The van der Waals surface area contributed by atoms with Crippen molar-refractivity contribution < 1.29 is 9.59 Å². The largest absolute Gasteiger partial charge is 0.368 e. The highest BCUT2D eigenvalue weighted by Crippen LogP contribution is 2.29. The summed E-state index contributed by atoms with van der Waals surface area (Å²) in [4.78, 5) is 24.7. The minimum Gasteiger partial charge on any atom is -0.368 e. The number of nitrogens with two attached hydrogens (primary N) is 1. The SMILES string of the molecule is CC(NC(=O)c1cc2c(s1)CCCC2)C(N)=O. The highest BCUT2D eigenvalue weighted by Gasteiger charge is 2.19. The van der Waals surface area contributed by atoms with Crippen LogP contribution in [0.2, 0.25) is 0 Å². The zero-order valence-electron chi connectivity index (χ0n) is 9.79. The number of primary amides is 1. The standard InChI is InChI=1S/C12H16N2O2S/c1-7(11(13)15)14-12(16)10-6-8-4-2-3-5-9(8)17-10/h6-7H,2-5H2,1H3,(H2,13,15)(H,14,16). The first kappa shape index (κ1) is 12.1. The molecule has 1 unspecified atom stereocenters. The highest BCUT2D eigenvalue weighted by molar-refractivity contribution is 7.14. The summed E-state index contributed by atoms with van der Waals surface area (Å²) in [6.07, 6.45) is 4.53. The van der Waals surface area contributed by atoms with Crippen molar-refractivity contribution in [1.82, 2.24) is 5.32 Å². The second-order valence-corrected chi connectivity index (χ2v) is 5.50. The first-order valence-corrected chi connectivity index (χ1v) is 6.61. The highest BCUT2D eigenvalue weighted by atomic mass is 32.1. The Balaban J connectivity index is 2.09. The van der Waals surface area contributed by atoms with Crippen LogP contribution in [0.3, 0.4) is 0 Å². The maximum atomic E-state index is 11.9. The fourth-order valence-corrected chi connectivity index (χ4v) is 3.10. The first-order chi connectivity index (χ1) is 8.08. The summed E-state index contributed by atoms with van der Waals surface area (Å²) in [6.45, 7) is 1.59. The molecule has 1 aliphatic rings. The van der Waals surface area contributed by atoms with E-state index in [-0.39, 0.29) is 5.91 Å². The molecule has 0 aromatic carbocycles. The number of carbonyl (C=O) groups excluding carboxylic acids is 2. The van der Waals surface area contributed by atoms with Crippen molar-refractivity contribution in [2.45, 2.75) is 38.6 Å². The lowest BCUT2D eigenvalue weighted by atomic mass is 9.99. The predicted molar refractivity (Wildman–Crippen MR) is 67.1 cm³/mol. The maximum Gasteiger partial charge on any atom is 0.262 e. The Morgan fingerprint density at radius 3 is 2.76 bits per heavy atom. The van der Waals surface area contributed by atoms with E-state index in [1.807, 2.05) is 6.07 Å². The van der Waals surface area contributed by atoms with Gasteiger partial charge in [0.25, 0.3) is 5.91 Å². The molecule has 1 aliphatic carbocycles. The fraction of sp³-hybridized carbons (Fsp3) is 0.500. The summed E-state index contributed by atoms with van der Waals surface area (Å²) in [7, 11) is 0. The van der Waals surface area contributed by atoms with Gasteiger partial charge in [-0.2, -0.15) is 0 Å². The van der Waals surface area contributed by atoms with Gasteiger partial charge in [-0.05, 0) is 44.2 Å². The lowest BCUT2D eigenvalue weighted by molar-refractivity contribution is -0.119. The van der Waals surface area contributed by atoms with Crippen molar-refractivity contribution in [2.24, 2.45) is 5.73 Å². The predicted octanol–water partition coefficient (Wildman–Crippen LogP) is 1.23. The van der Waals surface area contributed by atoms with Crippen LogP contribution >= 0.6 is 11.3 Å². The molecule has 2 amide bonds. The Kier molecular flexibility index (Phi) is 3.47. The molecule has 0 bridgehead atoms. The van der Waals surface area contributed by atoms with Crippen molar-refractivity contribution in [3.8, 4) is 0 Å². The Labute approximate surface area is 104 Å². The number of carbonyl (C=O) groups is 2. The van der Waals surface area contributed by atoms with Gasteiger partial charge in [-0.3, -0.25) is 9.59 Å². The molecule has 5 heteroatoms. The van der Waals surface area contributed by atoms with Gasteiger partial charge in [0.15, 0.2) is 0 Å². The molecule has 0 fully saturated rings. The van der Waals surface area contributed by atoms with Gasteiger partial charge in [0.2, 0.25) is 5.91 Å². The molecule has 3 N–H and O–H groups in total. The van der Waals surface area contributed by atoms with Gasteiger partial charge < -0.3 is 11.1 Å². The smallest absolute Gasteiger partial charge is 0.262 e. The molecule has 0 radical (unpaired) electrons. The van der Waals surface area contributed by atoms with Crippen molar-refractivity contribution >= 4 is 23.2 Å². The Hall–Kier alpha value is -1.36. The number of thiophene rings is 1. The number of aryl methyl sites for hydroxylation is 2. The Morgan fingerprint density at radius 2 is 2.12 bits per heavy atom. The summed E-state index contributed by atoms with van der Waals surface area (Å²) in [6, 6.07) is 1.32. The van der Waals surface area contributed by atoms with Crippen LogP contribution in [0.4, 0.5) is 0 Å². The van der Waals surface area contributed by atoms with Gasteiger partial charge in [0.1, 0.15) is 6.04 Å². The molecule has 17 heavy (non-hydrogen) atoms. The minimum atomic E-state index is -0.623. The van der Waals surface area contributed by atoms with Gasteiger partial charge in [-0.25, -0.2) is 0 Å². The number of fused-ring (bicyclic) bond motifs is 1. The molecule has 4 nitrogen and oxygen atoms in total. The van der Waals surface area contributed by atoms with Crippen molar-refractivity contribution in [3.63, 3.8) is 0 Å². The van der Waals surface area contributed by atoms with Crippen LogP contribution in [-0.4, -0.2) is 17.9 Å². The zero-order chi connectivity index (χ0) is 12.4. The first-order valence-electron chi connectivity index (χ1n) is 5.79. The summed E-state index contributed by atoms with van der Waals surface area (Å²) >= 11 is 1.53. The van der Waals surface area contributed by atoms with E-state index in [1.54, 1.807) is 6.92 Å². The zero-order valence-corrected chi connectivity index (χ0v) is 10.6. The number of hydrogen-bond acceptors (Lipinski definition) is 3. The van der Waals surface area contributed by atoms with Gasteiger partial charge in [0, 0.05) is 4.88 Å². The average Bonchev–Trinajstić information content (AvgIpc) is 2.72. The molecule has 2 rings (SSSR count). The molecular weight excluding hydrogens is 236 g/mol. The van der Waals surface area contributed by atoms with Crippen LogP contribution in [0.25, 0.3) is 0 Å². The number of rotatable bonds is 3. The molecule has 1 aromatic rings. The van der Waals surface area contributed by atoms with Crippen molar-refractivity contribution in [3.05, 3.63) is 21.4 Å². The van der Waals surface area contributed by atoms with E-state index >= 15 is 0 Å². The number of nitrogens with one attached hydrogen (secondary N) is 1.